The largest absolute Gasteiger partial charge is 0.352 e. The summed E-state index contributed by atoms with van der Waals surface area (Å²) in [6.07, 6.45) is 1.97. The van der Waals surface area contributed by atoms with E-state index in [9.17, 15) is 9.59 Å². The van der Waals surface area contributed by atoms with Crippen molar-refractivity contribution in [1.82, 2.24) is 19.8 Å². The molecule has 6 nitrogen and oxygen atoms in total. The first-order valence-electron chi connectivity index (χ1n) is 9.29. The van der Waals surface area contributed by atoms with E-state index in [0.29, 0.717) is 34.3 Å². The van der Waals surface area contributed by atoms with Crippen molar-refractivity contribution < 1.29 is 4.79 Å². The highest BCUT2D eigenvalue weighted by Gasteiger charge is 2.11. The predicted molar refractivity (Wildman–Crippen MR) is 108 cm³/mol. The van der Waals surface area contributed by atoms with Crippen LogP contribution in [0.5, 0.6) is 0 Å². The number of carbonyl (C=O) groups is 1. The average molecular weight is 377 g/mol. The zero-order valence-electron chi connectivity index (χ0n) is 15.8. The molecule has 0 atom stereocenters. The maximum atomic E-state index is 12.8. The number of H-pyrrole nitrogens is 1. The standard InChI is InChI=1S/C19H28N4O2S/c1-4-7-10-20-17(24)14-8-9-15-16(13-14)21-19(26)23(18(15)25)12-11-22(5-2)6-3/h8-9,13H,4-7,10-12H2,1-3H3,(H,20,24)(H,21,26). The first kappa shape index (κ1) is 20.3. The van der Waals surface area contributed by atoms with Gasteiger partial charge in [-0.05, 0) is 49.9 Å². The molecule has 7 heteroatoms. The van der Waals surface area contributed by atoms with Gasteiger partial charge in [-0.25, -0.2) is 0 Å². The molecule has 0 saturated heterocycles. The number of aromatic nitrogens is 2. The molecule has 2 aromatic rings. The highest BCUT2D eigenvalue weighted by Crippen LogP contribution is 2.11. The molecule has 0 saturated carbocycles. The lowest BCUT2D eigenvalue weighted by molar-refractivity contribution is 0.0953. The van der Waals surface area contributed by atoms with Crippen molar-refractivity contribution in [3.63, 3.8) is 0 Å². The summed E-state index contributed by atoms with van der Waals surface area (Å²) in [5.41, 5.74) is 1.01. The fraction of sp³-hybridized carbons (Fsp3) is 0.526. The third kappa shape index (κ3) is 4.80. The van der Waals surface area contributed by atoms with E-state index in [4.69, 9.17) is 12.2 Å². The van der Waals surface area contributed by atoms with Crippen molar-refractivity contribution >= 4 is 29.0 Å². The predicted octanol–water partition coefficient (Wildman–Crippen LogP) is 2.93. The molecule has 142 valence electrons. The second-order valence-corrected chi connectivity index (χ2v) is 6.67. The number of amides is 1. The van der Waals surface area contributed by atoms with Gasteiger partial charge in [0.2, 0.25) is 0 Å². The monoisotopic (exact) mass is 376 g/mol. The van der Waals surface area contributed by atoms with Crippen molar-refractivity contribution in [1.29, 1.82) is 0 Å². The SMILES string of the molecule is CCCCNC(=O)c1ccc2c(=O)n(CCN(CC)CC)c(=S)[nH]c2c1. The van der Waals surface area contributed by atoms with Crippen molar-refractivity contribution in [2.75, 3.05) is 26.2 Å². The number of nitrogens with zero attached hydrogens (tertiary/aromatic N) is 2. The van der Waals surface area contributed by atoms with Crippen LogP contribution in [0.15, 0.2) is 23.0 Å². The van der Waals surface area contributed by atoms with E-state index in [1.54, 1.807) is 22.8 Å². The Balaban J connectivity index is 2.29. The third-order valence-corrected chi connectivity index (χ3v) is 4.92. The first-order chi connectivity index (χ1) is 12.5. The summed E-state index contributed by atoms with van der Waals surface area (Å²) in [4.78, 5) is 30.3. The minimum absolute atomic E-state index is 0.117. The number of rotatable bonds is 9. The van der Waals surface area contributed by atoms with Gasteiger partial charge in [-0.3, -0.25) is 14.2 Å². The molecule has 0 aliphatic carbocycles. The van der Waals surface area contributed by atoms with Gasteiger partial charge in [-0.15, -0.1) is 0 Å². The smallest absolute Gasteiger partial charge is 0.262 e. The Morgan fingerprint density at radius 2 is 2.00 bits per heavy atom. The zero-order valence-corrected chi connectivity index (χ0v) is 16.6. The van der Waals surface area contributed by atoms with E-state index < -0.39 is 0 Å². The maximum Gasteiger partial charge on any atom is 0.262 e. The van der Waals surface area contributed by atoms with Crippen molar-refractivity contribution in [3.05, 3.63) is 38.9 Å². The van der Waals surface area contributed by atoms with Crippen molar-refractivity contribution in [2.24, 2.45) is 0 Å². The van der Waals surface area contributed by atoms with Gasteiger partial charge in [0.25, 0.3) is 11.5 Å². The molecule has 0 spiro atoms. The number of hydrogen-bond acceptors (Lipinski definition) is 4. The Bertz CT molecular complexity index is 868. The first-order valence-corrected chi connectivity index (χ1v) is 9.70. The number of benzene rings is 1. The number of likely N-dealkylation sites (N-methyl/N-ethyl adjacent to an activating group) is 1. The zero-order chi connectivity index (χ0) is 19.1. The van der Waals surface area contributed by atoms with Crippen LogP contribution in [0.4, 0.5) is 0 Å². The summed E-state index contributed by atoms with van der Waals surface area (Å²) in [6, 6.07) is 5.09. The van der Waals surface area contributed by atoms with E-state index in [-0.39, 0.29) is 11.5 Å². The Morgan fingerprint density at radius 1 is 1.27 bits per heavy atom. The number of hydrogen-bond donors (Lipinski definition) is 2. The lowest BCUT2D eigenvalue weighted by atomic mass is 10.1. The van der Waals surface area contributed by atoms with Crippen LogP contribution < -0.4 is 10.9 Å². The van der Waals surface area contributed by atoms with E-state index in [1.165, 1.54) is 0 Å². The molecule has 2 N–H and O–H groups in total. The van der Waals surface area contributed by atoms with Crippen molar-refractivity contribution in [2.45, 2.75) is 40.2 Å². The second-order valence-electron chi connectivity index (χ2n) is 6.28. The molecule has 1 aromatic heterocycles. The molecule has 0 bridgehead atoms. The van der Waals surface area contributed by atoms with Crippen LogP contribution in [-0.2, 0) is 6.54 Å². The van der Waals surface area contributed by atoms with Gasteiger partial charge in [0, 0.05) is 25.2 Å². The van der Waals surface area contributed by atoms with E-state index in [2.05, 4.69) is 36.0 Å². The Morgan fingerprint density at radius 3 is 2.65 bits per heavy atom. The van der Waals surface area contributed by atoms with Crippen molar-refractivity contribution in [3.8, 4) is 0 Å². The normalized spacial score (nSPS) is 11.2. The highest BCUT2D eigenvalue weighted by molar-refractivity contribution is 7.71. The summed E-state index contributed by atoms with van der Waals surface area (Å²) in [6.45, 7) is 10.1. The Kier molecular flexibility index (Phi) is 7.53. The lowest BCUT2D eigenvalue weighted by Gasteiger charge is -2.18. The molecule has 0 unspecified atom stereocenters. The van der Waals surface area contributed by atoms with Gasteiger partial charge < -0.3 is 15.2 Å². The number of unbranched alkanes of at least 4 members (excludes halogenated alkanes) is 1. The minimum atomic E-state index is -0.134. The van der Waals surface area contributed by atoms with E-state index in [0.717, 1.165) is 32.5 Å². The number of fused-ring (bicyclic) bond motifs is 1. The summed E-state index contributed by atoms with van der Waals surface area (Å²) in [7, 11) is 0. The molecule has 2 rings (SSSR count). The average Bonchev–Trinajstić information content (AvgIpc) is 2.64. The molecule has 1 amide bonds. The fourth-order valence-electron chi connectivity index (χ4n) is 2.86. The minimum Gasteiger partial charge on any atom is -0.352 e. The van der Waals surface area contributed by atoms with Gasteiger partial charge in [-0.2, -0.15) is 0 Å². The molecule has 26 heavy (non-hydrogen) atoms. The summed E-state index contributed by atoms with van der Waals surface area (Å²) >= 11 is 5.37. The van der Waals surface area contributed by atoms with Crippen LogP contribution in [0.1, 0.15) is 44.0 Å². The Hall–Kier alpha value is -1.99. The molecule has 0 fully saturated rings. The van der Waals surface area contributed by atoms with Gasteiger partial charge in [0.1, 0.15) is 0 Å². The van der Waals surface area contributed by atoms with Crippen LogP contribution in [0.25, 0.3) is 10.9 Å². The highest BCUT2D eigenvalue weighted by atomic mass is 32.1. The summed E-state index contributed by atoms with van der Waals surface area (Å²) < 4.78 is 1.98. The topological polar surface area (TPSA) is 70.1 Å². The number of aromatic amines is 1. The quantitative estimate of drug-likeness (QED) is 0.521. The number of carbonyl (C=O) groups excluding carboxylic acids is 1. The van der Waals surface area contributed by atoms with Crippen LogP contribution in [-0.4, -0.2) is 46.5 Å². The summed E-state index contributed by atoms with van der Waals surface area (Å²) in [5, 5.41) is 3.43. The van der Waals surface area contributed by atoms with Crippen LogP contribution in [0, 0.1) is 4.77 Å². The maximum absolute atomic E-state index is 12.8. The van der Waals surface area contributed by atoms with Gasteiger partial charge in [0.05, 0.1) is 10.9 Å². The Labute approximate surface area is 159 Å². The van der Waals surface area contributed by atoms with Gasteiger partial charge >= 0.3 is 0 Å². The van der Waals surface area contributed by atoms with Gasteiger partial charge in [0.15, 0.2) is 4.77 Å². The van der Waals surface area contributed by atoms with Crippen LogP contribution in [0.3, 0.4) is 0 Å². The molecule has 0 radical (unpaired) electrons. The fourth-order valence-corrected chi connectivity index (χ4v) is 3.14. The third-order valence-electron chi connectivity index (χ3n) is 4.59. The summed E-state index contributed by atoms with van der Waals surface area (Å²) in [5.74, 6) is -0.134. The van der Waals surface area contributed by atoms with Gasteiger partial charge in [-0.1, -0.05) is 27.2 Å². The molecule has 1 aromatic carbocycles. The molecule has 0 aliphatic rings. The number of nitrogens with one attached hydrogen (secondary N) is 2. The van der Waals surface area contributed by atoms with Crippen LogP contribution in [0.2, 0.25) is 0 Å². The van der Waals surface area contributed by atoms with E-state index in [1.807, 2.05) is 0 Å². The van der Waals surface area contributed by atoms with E-state index >= 15 is 0 Å². The van der Waals surface area contributed by atoms with Crippen LogP contribution >= 0.6 is 12.2 Å². The lowest BCUT2D eigenvalue weighted by Crippen LogP contribution is -2.31. The molecule has 1 heterocycles. The molecule has 0 aliphatic heterocycles. The second kappa shape index (κ2) is 9.64. The molecular formula is C19H28N4O2S. The molecular weight excluding hydrogens is 348 g/mol.